The van der Waals surface area contributed by atoms with Crippen LogP contribution in [0.3, 0.4) is 0 Å². The molecule has 1 aromatic carbocycles. The minimum Gasteiger partial charge on any atom is -0.497 e. The molecule has 1 N–H and O–H groups in total. The summed E-state index contributed by atoms with van der Waals surface area (Å²) in [5, 5.41) is 3.19. The highest BCUT2D eigenvalue weighted by atomic mass is 32.2. The van der Waals surface area contributed by atoms with Gasteiger partial charge in [0.1, 0.15) is 5.75 Å². The molecule has 0 amide bonds. The zero-order chi connectivity index (χ0) is 15.0. The van der Waals surface area contributed by atoms with E-state index in [4.69, 9.17) is 4.74 Å². The smallest absolute Gasteiger partial charge is 0.234 e. The Morgan fingerprint density at radius 2 is 1.85 bits per heavy atom. The summed E-state index contributed by atoms with van der Waals surface area (Å²) in [6, 6.07) is 7.00. The number of sulfonamides is 1. The van der Waals surface area contributed by atoms with Crippen LogP contribution in [0, 0.1) is 0 Å². The minimum absolute atomic E-state index is 0.168. The molecule has 0 fully saturated rings. The van der Waals surface area contributed by atoms with Gasteiger partial charge >= 0.3 is 0 Å². The third-order valence-corrected chi connectivity index (χ3v) is 4.96. The van der Waals surface area contributed by atoms with Gasteiger partial charge in [-0.1, -0.05) is 6.92 Å². The van der Waals surface area contributed by atoms with Gasteiger partial charge < -0.3 is 10.1 Å². The normalized spacial score (nSPS) is 11.3. The van der Waals surface area contributed by atoms with Crippen LogP contribution in [0.1, 0.15) is 19.8 Å². The second-order valence-corrected chi connectivity index (χ2v) is 6.66. The first kappa shape index (κ1) is 16.8. The first-order valence-corrected chi connectivity index (χ1v) is 8.43. The maximum absolute atomic E-state index is 12.2. The molecular formula is C14H24N2O3S. The molecule has 1 rings (SSSR count). The summed E-state index contributed by atoms with van der Waals surface area (Å²) in [6.07, 6.45) is 1.53. The van der Waals surface area contributed by atoms with E-state index >= 15 is 0 Å². The van der Waals surface area contributed by atoms with Gasteiger partial charge in [-0.2, -0.15) is 0 Å². The Hall–Kier alpha value is -1.27. The number of unbranched alkanes of at least 4 members (excludes halogenated alkanes) is 1. The molecular weight excluding hydrogens is 276 g/mol. The van der Waals surface area contributed by atoms with Crippen molar-refractivity contribution in [3.8, 4) is 5.75 Å². The summed E-state index contributed by atoms with van der Waals surface area (Å²) in [7, 11) is -0.0875. The predicted molar refractivity (Wildman–Crippen MR) is 83.0 cm³/mol. The summed E-state index contributed by atoms with van der Waals surface area (Å²) in [4.78, 5) is 0. The average Bonchev–Trinajstić information content (AvgIpc) is 2.46. The van der Waals surface area contributed by atoms with Gasteiger partial charge in [-0.3, -0.25) is 4.31 Å². The number of nitrogens with zero attached hydrogens (tertiary/aromatic N) is 1. The number of ether oxygens (including phenoxy) is 1. The lowest BCUT2D eigenvalue weighted by molar-refractivity contribution is 0.415. The fourth-order valence-electron chi connectivity index (χ4n) is 1.80. The van der Waals surface area contributed by atoms with Crippen molar-refractivity contribution in [3.63, 3.8) is 0 Å². The summed E-state index contributed by atoms with van der Waals surface area (Å²) in [5.41, 5.74) is 0.650. The van der Waals surface area contributed by atoms with Crippen molar-refractivity contribution < 1.29 is 13.2 Å². The fraction of sp³-hybridized carbons (Fsp3) is 0.571. The number of benzene rings is 1. The van der Waals surface area contributed by atoms with Gasteiger partial charge in [-0.15, -0.1) is 0 Å². The molecule has 0 aliphatic carbocycles. The standard InChI is InChI=1S/C14H24N2O3S/c1-4-15-11-5-6-12-20(17,18)16(2)13-7-9-14(19-3)10-8-13/h7-10,15H,4-6,11-12H2,1-3H3. The number of nitrogens with one attached hydrogen (secondary N) is 1. The molecule has 20 heavy (non-hydrogen) atoms. The second-order valence-electron chi connectivity index (χ2n) is 4.54. The zero-order valence-electron chi connectivity index (χ0n) is 12.4. The third kappa shape index (κ3) is 5.02. The van der Waals surface area contributed by atoms with Crippen molar-refractivity contribution in [1.29, 1.82) is 0 Å². The average molecular weight is 300 g/mol. The molecule has 0 bridgehead atoms. The van der Waals surface area contributed by atoms with E-state index in [1.165, 1.54) is 4.31 Å². The molecule has 0 saturated heterocycles. The second kappa shape index (κ2) is 8.11. The Morgan fingerprint density at radius 3 is 2.40 bits per heavy atom. The van der Waals surface area contributed by atoms with Crippen molar-refractivity contribution >= 4 is 15.7 Å². The summed E-state index contributed by atoms with van der Waals surface area (Å²) < 4.78 is 30.8. The lowest BCUT2D eigenvalue weighted by atomic mass is 10.3. The van der Waals surface area contributed by atoms with Gasteiger partial charge in [-0.25, -0.2) is 8.42 Å². The van der Waals surface area contributed by atoms with Crippen molar-refractivity contribution in [3.05, 3.63) is 24.3 Å². The first-order valence-electron chi connectivity index (χ1n) is 6.82. The van der Waals surface area contributed by atoms with E-state index in [1.807, 2.05) is 6.92 Å². The SMILES string of the molecule is CCNCCCCS(=O)(=O)N(C)c1ccc(OC)cc1. The van der Waals surface area contributed by atoms with E-state index < -0.39 is 10.0 Å². The van der Waals surface area contributed by atoms with Crippen molar-refractivity contribution in [2.75, 3.05) is 37.3 Å². The number of hydrogen-bond donors (Lipinski definition) is 1. The van der Waals surface area contributed by atoms with E-state index in [-0.39, 0.29) is 5.75 Å². The van der Waals surface area contributed by atoms with Gasteiger partial charge in [0.25, 0.3) is 0 Å². The number of hydrogen-bond acceptors (Lipinski definition) is 4. The zero-order valence-corrected chi connectivity index (χ0v) is 13.2. The van der Waals surface area contributed by atoms with Gasteiger partial charge in [0, 0.05) is 7.05 Å². The fourth-order valence-corrected chi connectivity index (χ4v) is 3.09. The number of anilines is 1. The molecule has 0 aliphatic heterocycles. The molecule has 0 radical (unpaired) electrons. The summed E-state index contributed by atoms with van der Waals surface area (Å²) in [6.45, 7) is 3.81. The third-order valence-electron chi connectivity index (χ3n) is 3.11. The lowest BCUT2D eigenvalue weighted by Gasteiger charge is -2.19. The lowest BCUT2D eigenvalue weighted by Crippen LogP contribution is -2.29. The summed E-state index contributed by atoms with van der Waals surface area (Å²) in [5.74, 6) is 0.881. The van der Waals surface area contributed by atoms with E-state index in [9.17, 15) is 8.42 Å². The van der Waals surface area contributed by atoms with Crippen LogP contribution in [-0.2, 0) is 10.0 Å². The monoisotopic (exact) mass is 300 g/mol. The predicted octanol–water partition coefficient (Wildman–Crippen LogP) is 1.85. The van der Waals surface area contributed by atoms with Gasteiger partial charge in [0.15, 0.2) is 0 Å². The molecule has 0 unspecified atom stereocenters. The highest BCUT2D eigenvalue weighted by molar-refractivity contribution is 7.92. The topological polar surface area (TPSA) is 58.6 Å². The van der Waals surface area contributed by atoms with E-state index in [0.29, 0.717) is 17.9 Å². The Labute approximate surface area is 122 Å². The van der Waals surface area contributed by atoms with Crippen LogP contribution in [0.25, 0.3) is 0 Å². The Balaban J connectivity index is 2.56. The molecule has 1 aromatic rings. The van der Waals surface area contributed by atoms with E-state index in [0.717, 1.165) is 19.5 Å². The first-order chi connectivity index (χ1) is 9.51. The van der Waals surface area contributed by atoms with Crippen LogP contribution in [0.4, 0.5) is 5.69 Å². The molecule has 0 aliphatic rings. The van der Waals surface area contributed by atoms with Crippen LogP contribution in [-0.4, -0.2) is 41.4 Å². The van der Waals surface area contributed by atoms with Crippen molar-refractivity contribution in [1.82, 2.24) is 5.32 Å². The molecule has 0 heterocycles. The number of rotatable bonds is 9. The van der Waals surface area contributed by atoms with Crippen LogP contribution in [0.5, 0.6) is 5.75 Å². The Kier molecular flexibility index (Phi) is 6.81. The maximum Gasteiger partial charge on any atom is 0.234 e. The minimum atomic E-state index is -3.26. The van der Waals surface area contributed by atoms with Gasteiger partial charge in [0.2, 0.25) is 10.0 Å². The largest absolute Gasteiger partial charge is 0.497 e. The maximum atomic E-state index is 12.2. The Morgan fingerprint density at radius 1 is 1.20 bits per heavy atom. The highest BCUT2D eigenvalue weighted by Gasteiger charge is 2.17. The molecule has 0 aromatic heterocycles. The van der Waals surface area contributed by atoms with E-state index in [2.05, 4.69) is 5.32 Å². The van der Waals surface area contributed by atoms with Crippen LogP contribution >= 0.6 is 0 Å². The molecule has 0 spiro atoms. The van der Waals surface area contributed by atoms with Crippen LogP contribution < -0.4 is 14.4 Å². The quantitative estimate of drug-likeness (QED) is 0.707. The highest BCUT2D eigenvalue weighted by Crippen LogP contribution is 2.20. The van der Waals surface area contributed by atoms with Crippen LogP contribution in [0.15, 0.2) is 24.3 Å². The van der Waals surface area contributed by atoms with Crippen LogP contribution in [0.2, 0.25) is 0 Å². The van der Waals surface area contributed by atoms with Gasteiger partial charge in [0.05, 0.1) is 18.6 Å². The van der Waals surface area contributed by atoms with Crippen molar-refractivity contribution in [2.45, 2.75) is 19.8 Å². The molecule has 0 atom stereocenters. The Bertz CT molecular complexity index is 486. The molecule has 5 nitrogen and oxygen atoms in total. The summed E-state index contributed by atoms with van der Waals surface area (Å²) >= 11 is 0. The van der Waals surface area contributed by atoms with Crippen molar-refractivity contribution in [2.24, 2.45) is 0 Å². The number of methoxy groups -OCH3 is 1. The van der Waals surface area contributed by atoms with Gasteiger partial charge in [-0.05, 0) is 50.2 Å². The molecule has 114 valence electrons. The molecule has 0 saturated carbocycles. The van der Waals surface area contributed by atoms with E-state index in [1.54, 1.807) is 38.4 Å². The molecule has 6 heteroatoms.